The van der Waals surface area contributed by atoms with Gasteiger partial charge in [0, 0.05) is 23.2 Å². The molecule has 0 saturated heterocycles. The minimum atomic E-state index is -1.36. The molecule has 0 aliphatic rings. The number of hydrogen-bond acceptors (Lipinski definition) is 2. The van der Waals surface area contributed by atoms with Gasteiger partial charge in [0.15, 0.2) is 0 Å². The van der Waals surface area contributed by atoms with Crippen LogP contribution in [0.2, 0.25) is 0 Å². The maximum atomic E-state index is 8.77. The molecule has 0 rings (SSSR count). The lowest BCUT2D eigenvalue weighted by Gasteiger charge is -1.55. The molecule has 6 heteroatoms. The van der Waals surface area contributed by atoms with Crippen molar-refractivity contribution in [3.05, 3.63) is 25.3 Å². The highest BCUT2D eigenvalue weighted by Crippen LogP contribution is 1.68. The smallest absolute Gasteiger partial charge is 0.401 e. The largest absolute Gasteiger partial charge is 0.469 e. The average molecular weight is 215 g/mol. The number of carbonyl (C=O) groups is 2. The molecule has 0 bridgehead atoms. The van der Waals surface area contributed by atoms with Gasteiger partial charge in [0.05, 0.1) is 0 Å². The van der Waals surface area contributed by atoms with Gasteiger partial charge in [0.2, 0.25) is 0 Å². The summed E-state index contributed by atoms with van der Waals surface area (Å²) in [6.45, 7) is 6.72. The molecular weight excluding hydrogens is 207 g/mol. The van der Waals surface area contributed by atoms with Crippen molar-refractivity contribution in [3.8, 4) is 0 Å². The van der Waals surface area contributed by atoms with Crippen LogP contribution < -0.4 is 0 Å². The number of carboxylic acid groups (broad SMARTS) is 2. The van der Waals surface area contributed by atoms with E-state index in [-0.39, 0.29) is 0 Å². The molecule has 0 spiro atoms. The van der Waals surface area contributed by atoms with E-state index in [1.807, 2.05) is 0 Å². The summed E-state index contributed by atoms with van der Waals surface area (Å²) >= 11 is 8.38. The molecule has 0 fully saturated rings. The summed E-state index contributed by atoms with van der Waals surface area (Å²) in [4.78, 5) is 17.5. The highest BCUT2D eigenvalue weighted by Gasteiger charge is 1.71. The van der Waals surface area contributed by atoms with Crippen LogP contribution in [-0.4, -0.2) is 21.1 Å². The molecule has 70 valence electrons. The van der Waals surface area contributed by atoms with Crippen LogP contribution in [0.3, 0.4) is 0 Å². The number of halogens is 2. The fourth-order valence-electron chi connectivity index (χ4n) is 0. The third-order valence-electron chi connectivity index (χ3n) is 0.167. The van der Waals surface area contributed by atoms with Gasteiger partial charge in [-0.05, 0) is 0 Å². The van der Waals surface area contributed by atoms with Crippen LogP contribution in [0.15, 0.2) is 25.3 Å². The standard InChI is InChI=1S/C4H6.2CHClO2/c1-3-4-2;2*2-1(3)4/h3-4H,1-2H2;2*(H,3,4). The Morgan fingerprint density at radius 3 is 1.08 bits per heavy atom. The summed E-state index contributed by atoms with van der Waals surface area (Å²) in [6, 6.07) is 0. The molecule has 0 aromatic heterocycles. The summed E-state index contributed by atoms with van der Waals surface area (Å²) in [6.07, 6.45) is 3.28. The van der Waals surface area contributed by atoms with Crippen LogP contribution in [0, 0.1) is 0 Å². The molecule has 0 saturated carbocycles. The summed E-state index contributed by atoms with van der Waals surface area (Å²) in [5, 5.41) is 14.4. The molecule has 0 aliphatic carbocycles. The minimum Gasteiger partial charge on any atom is -0.469 e. The lowest BCUT2D eigenvalue weighted by molar-refractivity contribution is 0.219. The van der Waals surface area contributed by atoms with E-state index in [0.29, 0.717) is 0 Å². The molecule has 0 aromatic rings. The third kappa shape index (κ3) is 11700000000000000573797782385590272. The zero-order valence-electron chi connectivity index (χ0n) is 6.04. The van der Waals surface area contributed by atoms with Crippen LogP contribution in [0.4, 0.5) is 9.59 Å². The zero-order valence-corrected chi connectivity index (χ0v) is 7.55. The summed E-state index contributed by atoms with van der Waals surface area (Å²) < 4.78 is 0. The first-order chi connectivity index (χ1) is 5.38. The van der Waals surface area contributed by atoms with Gasteiger partial charge >= 0.3 is 10.9 Å². The maximum absolute atomic E-state index is 8.77. The monoisotopic (exact) mass is 214 g/mol. The van der Waals surface area contributed by atoms with E-state index in [1.165, 1.54) is 0 Å². The van der Waals surface area contributed by atoms with E-state index in [9.17, 15) is 0 Å². The van der Waals surface area contributed by atoms with Crippen molar-refractivity contribution in [2.45, 2.75) is 0 Å². The predicted octanol–water partition coefficient (Wildman–Crippen LogP) is 3.16. The Morgan fingerprint density at radius 1 is 1.00 bits per heavy atom. The Hall–Kier alpha value is -1.000. The maximum Gasteiger partial charge on any atom is 0.401 e. The summed E-state index contributed by atoms with van der Waals surface area (Å²) in [7, 11) is 0. The predicted molar refractivity (Wildman–Crippen MR) is 48.1 cm³/mol. The van der Waals surface area contributed by atoms with E-state index < -0.39 is 10.9 Å². The van der Waals surface area contributed by atoms with Gasteiger partial charge in [-0.3, -0.25) is 0 Å². The van der Waals surface area contributed by atoms with Crippen molar-refractivity contribution in [2.75, 3.05) is 0 Å². The van der Waals surface area contributed by atoms with Gasteiger partial charge in [-0.25, -0.2) is 9.59 Å². The normalized spacial score (nSPS) is 5.83. The number of allylic oxidation sites excluding steroid dienone is 2. The molecular formula is C6H8Cl2O4. The van der Waals surface area contributed by atoms with Crippen LogP contribution >= 0.6 is 23.2 Å². The molecule has 0 atom stereocenters. The molecule has 0 heterocycles. The molecule has 0 radical (unpaired) electrons. The van der Waals surface area contributed by atoms with Gasteiger partial charge in [0.1, 0.15) is 0 Å². The van der Waals surface area contributed by atoms with E-state index in [4.69, 9.17) is 19.8 Å². The molecule has 12 heavy (non-hydrogen) atoms. The first kappa shape index (κ1) is 17.2. The average Bonchev–Trinajstić information content (AvgIpc) is 1.85. The van der Waals surface area contributed by atoms with E-state index >= 15 is 0 Å². The van der Waals surface area contributed by atoms with Crippen molar-refractivity contribution < 1.29 is 19.8 Å². The molecule has 4 nitrogen and oxygen atoms in total. The van der Waals surface area contributed by atoms with Gasteiger partial charge in [-0.15, -0.1) is 0 Å². The van der Waals surface area contributed by atoms with Gasteiger partial charge in [-0.2, -0.15) is 0 Å². The lowest BCUT2D eigenvalue weighted by Crippen LogP contribution is -1.66. The van der Waals surface area contributed by atoms with Crippen molar-refractivity contribution in [2.24, 2.45) is 0 Å². The van der Waals surface area contributed by atoms with Crippen molar-refractivity contribution in [1.82, 2.24) is 0 Å². The Morgan fingerprint density at radius 2 is 1.08 bits per heavy atom. The zero-order chi connectivity index (χ0) is 10.6. The van der Waals surface area contributed by atoms with Gasteiger partial charge in [0.25, 0.3) is 0 Å². The van der Waals surface area contributed by atoms with Crippen LogP contribution in [0.1, 0.15) is 0 Å². The highest BCUT2D eigenvalue weighted by atomic mass is 35.5. The van der Waals surface area contributed by atoms with Crippen LogP contribution in [0.5, 0.6) is 0 Å². The lowest BCUT2D eigenvalue weighted by atomic mass is 10.6. The SMILES string of the molecule is C=CC=C.O=C(O)Cl.O=C(O)Cl. The molecule has 0 amide bonds. The first-order valence-corrected chi connectivity index (χ1v) is 3.14. The first-order valence-electron chi connectivity index (χ1n) is 2.38. The Balaban J connectivity index is -0.000000101. The number of rotatable bonds is 1. The second-order valence-electron chi connectivity index (χ2n) is 0.977. The minimum absolute atomic E-state index is 1.36. The summed E-state index contributed by atoms with van der Waals surface area (Å²) in [5.41, 5.74) is -2.72. The Labute approximate surface area is 79.7 Å². The summed E-state index contributed by atoms with van der Waals surface area (Å²) in [5.74, 6) is 0. The fraction of sp³-hybridized carbons (Fsp3) is 0. The van der Waals surface area contributed by atoms with E-state index in [2.05, 4.69) is 36.4 Å². The second kappa shape index (κ2) is 16.5. The fourth-order valence-corrected chi connectivity index (χ4v) is 0. The quantitative estimate of drug-likeness (QED) is 0.520. The van der Waals surface area contributed by atoms with Gasteiger partial charge in [-0.1, -0.05) is 25.3 Å². The van der Waals surface area contributed by atoms with Crippen molar-refractivity contribution in [3.63, 3.8) is 0 Å². The topological polar surface area (TPSA) is 74.6 Å². The van der Waals surface area contributed by atoms with Crippen molar-refractivity contribution in [1.29, 1.82) is 0 Å². The molecule has 0 unspecified atom stereocenters. The van der Waals surface area contributed by atoms with Crippen molar-refractivity contribution >= 4 is 34.1 Å². The second-order valence-corrected chi connectivity index (χ2v) is 1.62. The third-order valence-corrected chi connectivity index (χ3v) is 0.167. The van der Waals surface area contributed by atoms with Crippen LogP contribution in [0.25, 0.3) is 0 Å². The molecule has 0 aromatic carbocycles. The van der Waals surface area contributed by atoms with E-state index in [1.54, 1.807) is 12.2 Å². The molecule has 2 N–H and O–H groups in total. The van der Waals surface area contributed by atoms with E-state index in [0.717, 1.165) is 0 Å². The number of hydrogen-bond donors (Lipinski definition) is 2. The highest BCUT2D eigenvalue weighted by molar-refractivity contribution is 6.60. The van der Waals surface area contributed by atoms with Gasteiger partial charge < -0.3 is 10.2 Å². The van der Waals surface area contributed by atoms with Crippen LogP contribution in [-0.2, 0) is 0 Å². The Kier molecular flexibility index (Phi) is 23.7. The Bertz CT molecular complexity index is 130. The molecule has 0 aliphatic heterocycles.